The van der Waals surface area contributed by atoms with Crippen molar-refractivity contribution in [1.29, 1.82) is 0 Å². The molecule has 0 fully saturated rings. The standard InChI is InChI=1S/C31H62O4/c1-3-5-7-9-11-13-14-15-16-17-19-21-23-25-27-34-28-30(32)29-35-31(33)26-24-22-20-18-12-10-8-6-4-2/h30,32H,3-29H2,1-2H3. The van der Waals surface area contributed by atoms with Crippen molar-refractivity contribution in [3.8, 4) is 0 Å². The number of carbonyl (C=O) groups is 1. The Morgan fingerprint density at radius 1 is 0.543 bits per heavy atom. The molecule has 0 amide bonds. The summed E-state index contributed by atoms with van der Waals surface area (Å²) < 4.78 is 10.7. The van der Waals surface area contributed by atoms with Crippen LogP contribution in [0.2, 0.25) is 0 Å². The molecule has 0 saturated heterocycles. The van der Waals surface area contributed by atoms with E-state index in [1.807, 2.05) is 0 Å². The first-order valence-corrected chi connectivity index (χ1v) is 15.6. The molecular formula is C31H62O4. The minimum atomic E-state index is -0.714. The van der Waals surface area contributed by atoms with Gasteiger partial charge in [0, 0.05) is 13.0 Å². The number of aliphatic hydroxyl groups excluding tert-OH is 1. The van der Waals surface area contributed by atoms with Gasteiger partial charge in [-0.2, -0.15) is 0 Å². The largest absolute Gasteiger partial charge is 0.463 e. The zero-order valence-electron chi connectivity index (χ0n) is 23.8. The molecule has 0 saturated carbocycles. The van der Waals surface area contributed by atoms with Crippen LogP contribution in [0.15, 0.2) is 0 Å². The van der Waals surface area contributed by atoms with Crippen molar-refractivity contribution < 1.29 is 19.4 Å². The molecule has 0 aliphatic carbocycles. The maximum Gasteiger partial charge on any atom is 0.305 e. The van der Waals surface area contributed by atoms with Gasteiger partial charge in [-0.3, -0.25) is 4.79 Å². The number of aliphatic hydroxyl groups is 1. The fourth-order valence-corrected chi connectivity index (χ4v) is 4.51. The predicted molar refractivity (Wildman–Crippen MR) is 150 cm³/mol. The van der Waals surface area contributed by atoms with Crippen LogP contribution in [0.25, 0.3) is 0 Å². The van der Waals surface area contributed by atoms with Crippen molar-refractivity contribution in [2.24, 2.45) is 0 Å². The van der Waals surface area contributed by atoms with E-state index < -0.39 is 6.10 Å². The maximum atomic E-state index is 11.8. The van der Waals surface area contributed by atoms with Crippen molar-refractivity contribution in [3.05, 3.63) is 0 Å². The summed E-state index contributed by atoms with van der Waals surface area (Å²) in [7, 11) is 0. The fourth-order valence-electron chi connectivity index (χ4n) is 4.51. The molecule has 0 radical (unpaired) electrons. The Bertz CT molecular complexity index is 413. The number of ether oxygens (including phenoxy) is 2. The topological polar surface area (TPSA) is 55.8 Å². The molecule has 210 valence electrons. The predicted octanol–water partition coefficient (Wildman–Crippen LogP) is 9.31. The summed E-state index contributed by atoms with van der Waals surface area (Å²) in [5, 5.41) is 9.94. The molecular weight excluding hydrogens is 436 g/mol. The van der Waals surface area contributed by atoms with Gasteiger partial charge in [0.15, 0.2) is 0 Å². The van der Waals surface area contributed by atoms with Gasteiger partial charge in [0.2, 0.25) is 0 Å². The summed E-state index contributed by atoms with van der Waals surface area (Å²) in [5.74, 6) is -0.195. The van der Waals surface area contributed by atoms with Crippen LogP contribution in [0, 0.1) is 0 Å². The van der Waals surface area contributed by atoms with Crippen LogP contribution < -0.4 is 0 Å². The first-order valence-electron chi connectivity index (χ1n) is 15.6. The Balaban J connectivity index is 3.26. The molecule has 35 heavy (non-hydrogen) atoms. The normalized spacial score (nSPS) is 12.2. The molecule has 0 aromatic heterocycles. The minimum absolute atomic E-state index is 0.0506. The van der Waals surface area contributed by atoms with Crippen LogP contribution in [-0.2, 0) is 14.3 Å². The summed E-state index contributed by atoms with van der Waals surface area (Å²) in [5.41, 5.74) is 0. The van der Waals surface area contributed by atoms with Crippen LogP contribution in [0.4, 0.5) is 0 Å². The zero-order chi connectivity index (χ0) is 25.7. The summed E-state index contributed by atoms with van der Waals surface area (Å²) in [6.07, 6.45) is 29.7. The highest BCUT2D eigenvalue weighted by Crippen LogP contribution is 2.13. The first kappa shape index (κ1) is 34.4. The second kappa shape index (κ2) is 29.6. The molecule has 0 aliphatic heterocycles. The van der Waals surface area contributed by atoms with E-state index in [9.17, 15) is 9.90 Å². The van der Waals surface area contributed by atoms with E-state index in [1.165, 1.54) is 128 Å². The van der Waals surface area contributed by atoms with Gasteiger partial charge in [-0.15, -0.1) is 0 Å². The molecule has 0 bridgehead atoms. The van der Waals surface area contributed by atoms with Gasteiger partial charge in [0.1, 0.15) is 12.7 Å². The summed E-state index contributed by atoms with van der Waals surface area (Å²) >= 11 is 0. The quantitative estimate of drug-likeness (QED) is 0.0824. The highest BCUT2D eigenvalue weighted by Gasteiger charge is 2.09. The number of unbranched alkanes of at least 4 members (excludes halogenated alkanes) is 21. The summed E-state index contributed by atoms with van der Waals surface area (Å²) in [6, 6.07) is 0. The van der Waals surface area contributed by atoms with E-state index in [-0.39, 0.29) is 19.2 Å². The van der Waals surface area contributed by atoms with Gasteiger partial charge in [0.25, 0.3) is 0 Å². The Morgan fingerprint density at radius 2 is 0.914 bits per heavy atom. The van der Waals surface area contributed by atoms with E-state index in [2.05, 4.69) is 13.8 Å². The second-order valence-corrected chi connectivity index (χ2v) is 10.6. The zero-order valence-corrected chi connectivity index (χ0v) is 23.8. The lowest BCUT2D eigenvalue weighted by molar-refractivity contribution is -0.147. The molecule has 1 atom stereocenters. The third kappa shape index (κ3) is 29.5. The molecule has 1 N–H and O–H groups in total. The summed E-state index contributed by atoms with van der Waals surface area (Å²) in [4.78, 5) is 11.8. The average Bonchev–Trinajstić information content (AvgIpc) is 2.86. The highest BCUT2D eigenvalue weighted by molar-refractivity contribution is 5.69. The number of rotatable bonds is 29. The first-order chi connectivity index (χ1) is 17.2. The van der Waals surface area contributed by atoms with Crippen molar-refractivity contribution in [2.75, 3.05) is 19.8 Å². The third-order valence-electron chi connectivity index (χ3n) is 6.87. The summed E-state index contributed by atoms with van der Waals surface area (Å²) in [6.45, 7) is 5.51. The van der Waals surface area contributed by atoms with Crippen LogP contribution in [0.5, 0.6) is 0 Å². The van der Waals surface area contributed by atoms with Crippen LogP contribution in [0.1, 0.15) is 168 Å². The maximum absolute atomic E-state index is 11.8. The molecule has 0 rings (SSSR count). The SMILES string of the molecule is CCCCCCCCCCCCCCCCOCC(O)COC(=O)CCCCCCCCCCC. The van der Waals surface area contributed by atoms with Gasteiger partial charge in [-0.25, -0.2) is 0 Å². The van der Waals surface area contributed by atoms with Crippen LogP contribution in [-0.4, -0.2) is 37.0 Å². The number of hydrogen-bond donors (Lipinski definition) is 1. The molecule has 1 unspecified atom stereocenters. The monoisotopic (exact) mass is 498 g/mol. The van der Waals surface area contributed by atoms with E-state index in [0.717, 1.165) is 19.3 Å². The van der Waals surface area contributed by atoms with Crippen LogP contribution >= 0.6 is 0 Å². The minimum Gasteiger partial charge on any atom is -0.463 e. The molecule has 4 nitrogen and oxygen atoms in total. The molecule has 0 aromatic rings. The number of hydrogen-bond acceptors (Lipinski definition) is 4. The van der Waals surface area contributed by atoms with E-state index in [0.29, 0.717) is 13.0 Å². The van der Waals surface area contributed by atoms with Crippen molar-refractivity contribution >= 4 is 5.97 Å². The number of esters is 1. The smallest absolute Gasteiger partial charge is 0.305 e. The Kier molecular flexibility index (Phi) is 29.1. The Hall–Kier alpha value is -0.610. The van der Waals surface area contributed by atoms with Crippen LogP contribution in [0.3, 0.4) is 0 Å². The van der Waals surface area contributed by atoms with E-state index in [1.54, 1.807) is 0 Å². The van der Waals surface area contributed by atoms with Gasteiger partial charge >= 0.3 is 5.97 Å². The molecule has 0 spiro atoms. The van der Waals surface area contributed by atoms with E-state index >= 15 is 0 Å². The van der Waals surface area contributed by atoms with Gasteiger partial charge in [-0.05, 0) is 12.8 Å². The Morgan fingerprint density at radius 3 is 1.34 bits per heavy atom. The molecule has 4 heteroatoms. The fraction of sp³-hybridized carbons (Fsp3) is 0.968. The van der Waals surface area contributed by atoms with Crippen molar-refractivity contribution in [1.82, 2.24) is 0 Å². The average molecular weight is 499 g/mol. The van der Waals surface area contributed by atoms with Crippen molar-refractivity contribution in [2.45, 2.75) is 174 Å². The van der Waals surface area contributed by atoms with Gasteiger partial charge < -0.3 is 14.6 Å². The van der Waals surface area contributed by atoms with Crippen molar-refractivity contribution in [3.63, 3.8) is 0 Å². The Labute approximate surface area is 219 Å². The molecule has 0 aromatic carbocycles. The third-order valence-corrected chi connectivity index (χ3v) is 6.87. The highest BCUT2D eigenvalue weighted by atomic mass is 16.5. The lowest BCUT2D eigenvalue weighted by atomic mass is 10.0. The van der Waals surface area contributed by atoms with Gasteiger partial charge in [-0.1, -0.05) is 149 Å². The lowest BCUT2D eigenvalue weighted by Gasteiger charge is -2.12. The molecule has 0 heterocycles. The van der Waals surface area contributed by atoms with Gasteiger partial charge in [0.05, 0.1) is 6.61 Å². The van der Waals surface area contributed by atoms with E-state index in [4.69, 9.17) is 9.47 Å². The lowest BCUT2D eigenvalue weighted by Crippen LogP contribution is -2.24. The molecule has 0 aliphatic rings. The second-order valence-electron chi connectivity index (χ2n) is 10.6. The number of carbonyl (C=O) groups excluding carboxylic acids is 1.